The van der Waals surface area contributed by atoms with Crippen molar-refractivity contribution in [2.45, 2.75) is 26.2 Å². The molecule has 0 fully saturated rings. The fourth-order valence-corrected chi connectivity index (χ4v) is 1.31. The zero-order valence-electron chi connectivity index (χ0n) is 5.65. The fraction of sp³-hybridized carbons (Fsp3) is 0.714. The monoisotopic (exact) mass is 145 g/mol. The Morgan fingerprint density at radius 1 is 1.67 bits per heavy atom. The van der Waals surface area contributed by atoms with Crippen molar-refractivity contribution in [1.29, 1.82) is 0 Å². The van der Waals surface area contributed by atoms with Crippen LogP contribution in [-0.2, 0) is 0 Å². The van der Waals surface area contributed by atoms with Gasteiger partial charge in [0.25, 0.3) is 0 Å². The third-order valence-electron chi connectivity index (χ3n) is 1.77. The molecule has 52 valence electrons. The highest BCUT2D eigenvalue weighted by molar-refractivity contribution is 6.29. The van der Waals surface area contributed by atoms with E-state index in [2.05, 4.69) is 6.92 Å². The zero-order valence-corrected chi connectivity index (χ0v) is 6.41. The van der Waals surface area contributed by atoms with Gasteiger partial charge in [0.05, 0.1) is 0 Å². The Hall–Kier alpha value is -0.170. The van der Waals surface area contributed by atoms with E-state index in [0.29, 0.717) is 0 Å². The molecule has 0 bridgehead atoms. The summed E-state index contributed by atoms with van der Waals surface area (Å²) in [5.74, 6) is 0.729. The normalized spacial score (nSPS) is 28.9. The second-order valence-corrected chi connectivity index (χ2v) is 3.23. The van der Waals surface area contributed by atoms with Gasteiger partial charge in [-0.15, -0.1) is 0 Å². The number of nitrogens with two attached hydrogens (primary N) is 1. The van der Waals surface area contributed by atoms with Crippen molar-refractivity contribution in [3.8, 4) is 0 Å². The number of allylic oxidation sites excluding steroid dienone is 2. The highest BCUT2D eigenvalue weighted by atomic mass is 35.5. The topological polar surface area (TPSA) is 26.0 Å². The van der Waals surface area contributed by atoms with Crippen LogP contribution < -0.4 is 5.73 Å². The van der Waals surface area contributed by atoms with Crippen molar-refractivity contribution >= 4 is 11.6 Å². The van der Waals surface area contributed by atoms with Crippen LogP contribution in [0.5, 0.6) is 0 Å². The molecule has 1 aliphatic carbocycles. The molecule has 1 aliphatic rings. The van der Waals surface area contributed by atoms with Crippen molar-refractivity contribution in [1.82, 2.24) is 0 Å². The van der Waals surface area contributed by atoms with Crippen LogP contribution in [0.3, 0.4) is 0 Å². The van der Waals surface area contributed by atoms with Crippen molar-refractivity contribution in [2.75, 3.05) is 0 Å². The van der Waals surface area contributed by atoms with E-state index in [4.69, 9.17) is 17.3 Å². The Morgan fingerprint density at radius 3 is 2.78 bits per heavy atom. The zero-order chi connectivity index (χ0) is 6.85. The smallest absolute Gasteiger partial charge is 0.0368 e. The lowest BCUT2D eigenvalue weighted by molar-refractivity contribution is 0.502. The molecule has 2 N–H and O–H groups in total. The van der Waals surface area contributed by atoms with Gasteiger partial charge < -0.3 is 5.73 Å². The predicted octanol–water partition coefficient (Wildman–Crippen LogP) is 2.22. The fourth-order valence-electron chi connectivity index (χ4n) is 1.12. The van der Waals surface area contributed by atoms with Crippen LogP contribution in [0.4, 0.5) is 0 Å². The summed E-state index contributed by atoms with van der Waals surface area (Å²) >= 11 is 5.79. The molecule has 0 aromatic heterocycles. The first-order valence-corrected chi connectivity index (χ1v) is 3.71. The number of halogens is 1. The van der Waals surface area contributed by atoms with E-state index in [1.54, 1.807) is 0 Å². The summed E-state index contributed by atoms with van der Waals surface area (Å²) in [6, 6.07) is 0. The summed E-state index contributed by atoms with van der Waals surface area (Å²) in [6.45, 7) is 2.20. The van der Waals surface area contributed by atoms with Crippen LogP contribution in [0.1, 0.15) is 26.2 Å². The molecule has 1 atom stereocenters. The minimum absolute atomic E-state index is 0.729. The first-order chi connectivity index (χ1) is 4.20. The van der Waals surface area contributed by atoms with Gasteiger partial charge in [-0.3, -0.25) is 0 Å². The molecule has 0 amide bonds. The molecule has 9 heavy (non-hydrogen) atoms. The Balaban J connectivity index is 2.61. The lowest BCUT2D eigenvalue weighted by atomic mass is 9.94. The second-order valence-electron chi connectivity index (χ2n) is 2.78. The molecule has 1 nitrogen and oxygen atoms in total. The molecule has 0 heterocycles. The maximum atomic E-state index is 5.79. The molecule has 0 radical (unpaired) electrons. The quantitative estimate of drug-likeness (QED) is 0.556. The second kappa shape index (κ2) is 2.61. The maximum Gasteiger partial charge on any atom is 0.0368 e. The number of hydrogen-bond donors (Lipinski definition) is 1. The van der Waals surface area contributed by atoms with Gasteiger partial charge >= 0.3 is 0 Å². The van der Waals surface area contributed by atoms with Crippen LogP contribution in [0.15, 0.2) is 10.7 Å². The minimum Gasteiger partial charge on any atom is -0.401 e. The lowest BCUT2D eigenvalue weighted by Crippen LogP contribution is -2.11. The Kier molecular flexibility index (Phi) is 2.01. The average Bonchev–Trinajstić information content (AvgIpc) is 1.80. The van der Waals surface area contributed by atoms with Crippen LogP contribution in [0, 0.1) is 5.92 Å². The predicted molar refractivity (Wildman–Crippen MR) is 40.1 cm³/mol. The molecule has 0 spiro atoms. The van der Waals surface area contributed by atoms with E-state index >= 15 is 0 Å². The van der Waals surface area contributed by atoms with E-state index in [0.717, 1.165) is 29.5 Å². The highest BCUT2D eigenvalue weighted by Gasteiger charge is 2.13. The number of rotatable bonds is 0. The van der Waals surface area contributed by atoms with Gasteiger partial charge in [0.2, 0.25) is 0 Å². The van der Waals surface area contributed by atoms with Gasteiger partial charge in [0.15, 0.2) is 0 Å². The maximum absolute atomic E-state index is 5.79. The molecule has 0 aliphatic heterocycles. The lowest BCUT2D eigenvalue weighted by Gasteiger charge is -2.18. The minimum atomic E-state index is 0.729. The molecule has 1 rings (SSSR count). The third kappa shape index (κ3) is 1.62. The Morgan fingerprint density at radius 2 is 2.33 bits per heavy atom. The van der Waals surface area contributed by atoms with Crippen molar-refractivity contribution in [3.63, 3.8) is 0 Å². The van der Waals surface area contributed by atoms with Crippen LogP contribution in [-0.4, -0.2) is 0 Å². The Bertz CT molecular complexity index is 140. The van der Waals surface area contributed by atoms with Crippen LogP contribution in [0.25, 0.3) is 0 Å². The first-order valence-electron chi connectivity index (χ1n) is 3.33. The number of hydrogen-bond acceptors (Lipinski definition) is 1. The van der Waals surface area contributed by atoms with E-state index in [1.807, 2.05) is 0 Å². The molecular formula is C7H12ClN. The first kappa shape index (κ1) is 6.94. The highest BCUT2D eigenvalue weighted by Crippen LogP contribution is 2.28. The van der Waals surface area contributed by atoms with Gasteiger partial charge in [-0.05, 0) is 25.2 Å². The molecule has 0 aromatic rings. The van der Waals surface area contributed by atoms with E-state index < -0.39 is 0 Å². The van der Waals surface area contributed by atoms with Crippen molar-refractivity contribution < 1.29 is 0 Å². The molecule has 0 aromatic carbocycles. The van der Waals surface area contributed by atoms with Crippen LogP contribution >= 0.6 is 11.6 Å². The SMILES string of the molecule is C[C@H]1CCC(Cl)=C(N)C1. The van der Waals surface area contributed by atoms with Gasteiger partial charge in [0, 0.05) is 10.7 Å². The standard InChI is InChI=1S/C7H12ClN/c1-5-2-3-6(8)7(9)4-5/h5H,2-4,9H2,1H3/t5-/m0/s1. The summed E-state index contributed by atoms with van der Waals surface area (Å²) in [7, 11) is 0. The Labute approximate surface area is 60.9 Å². The largest absolute Gasteiger partial charge is 0.401 e. The summed E-state index contributed by atoms with van der Waals surface area (Å²) in [6.07, 6.45) is 3.16. The van der Waals surface area contributed by atoms with Gasteiger partial charge in [-0.1, -0.05) is 18.5 Å². The van der Waals surface area contributed by atoms with E-state index in [1.165, 1.54) is 6.42 Å². The average molecular weight is 146 g/mol. The molecular weight excluding hydrogens is 134 g/mol. The van der Waals surface area contributed by atoms with E-state index in [9.17, 15) is 0 Å². The molecule has 2 heteroatoms. The third-order valence-corrected chi connectivity index (χ3v) is 2.21. The van der Waals surface area contributed by atoms with Gasteiger partial charge in [-0.2, -0.15) is 0 Å². The molecule has 0 saturated heterocycles. The molecule has 0 unspecified atom stereocenters. The van der Waals surface area contributed by atoms with E-state index in [-0.39, 0.29) is 0 Å². The van der Waals surface area contributed by atoms with Crippen molar-refractivity contribution in [3.05, 3.63) is 10.7 Å². The molecule has 0 saturated carbocycles. The van der Waals surface area contributed by atoms with Crippen molar-refractivity contribution in [2.24, 2.45) is 11.7 Å². The summed E-state index contributed by atoms with van der Waals surface area (Å²) in [4.78, 5) is 0. The summed E-state index contributed by atoms with van der Waals surface area (Å²) in [5.41, 5.74) is 6.51. The van der Waals surface area contributed by atoms with Gasteiger partial charge in [-0.25, -0.2) is 0 Å². The summed E-state index contributed by atoms with van der Waals surface area (Å²) in [5, 5.41) is 0.883. The van der Waals surface area contributed by atoms with Crippen LogP contribution in [0.2, 0.25) is 0 Å². The van der Waals surface area contributed by atoms with Gasteiger partial charge in [0.1, 0.15) is 0 Å². The summed E-state index contributed by atoms with van der Waals surface area (Å²) < 4.78 is 0.